The Morgan fingerprint density at radius 3 is 2.93 bits per heavy atom. The Morgan fingerprint density at radius 2 is 2.10 bits per heavy atom. The van der Waals surface area contributed by atoms with Gasteiger partial charge in [0.25, 0.3) is 5.91 Å². The molecule has 1 heterocycles. The number of ether oxygens (including phenoxy) is 2. The van der Waals surface area contributed by atoms with Gasteiger partial charge in [-0.05, 0) is 68.5 Å². The van der Waals surface area contributed by atoms with Gasteiger partial charge in [-0.25, -0.2) is 5.43 Å². The molecule has 6 heteroatoms. The van der Waals surface area contributed by atoms with Crippen LogP contribution in [0.3, 0.4) is 0 Å². The molecule has 1 aliphatic rings. The van der Waals surface area contributed by atoms with Crippen molar-refractivity contribution in [2.75, 3.05) is 13.7 Å². The monoisotopic (exact) mass is 391 g/mol. The van der Waals surface area contributed by atoms with Gasteiger partial charge in [0.15, 0.2) is 11.5 Å². The summed E-state index contributed by atoms with van der Waals surface area (Å²) in [4.78, 5) is 16.1. The molecule has 2 N–H and O–H groups in total. The van der Waals surface area contributed by atoms with Gasteiger partial charge in [0.05, 0.1) is 19.9 Å². The fourth-order valence-electron chi connectivity index (χ4n) is 3.89. The highest BCUT2D eigenvalue weighted by Crippen LogP contribution is 2.30. The summed E-state index contributed by atoms with van der Waals surface area (Å²) in [5.41, 5.74) is 7.69. The second-order valence-electron chi connectivity index (χ2n) is 7.06. The zero-order chi connectivity index (χ0) is 20.2. The number of aromatic nitrogens is 1. The van der Waals surface area contributed by atoms with Crippen LogP contribution in [0.5, 0.6) is 11.5 Å². The summed E-state index contributed by atoms with van der Waals surface area (Å²) in [7, 11) is 1.58. The van der Waals surface area contributed by atoms with Crippen molar-refractivity contribution in [2.45, 2.75) is 32.6 Å². The van der Waals surface area contributed by atoms with Crippen LogP contribution in [-0.2, 0) is 12.8 Å². The number of hydrazone groups is 1. The third-order valence-corrected chi connectivity index (χ3v) is 5.24. The van der Waals surface area contributed by atoms with Crippen molar-refractivity contribution in [3.8, 4) is 11.5 Å². The molecule has 0 atom stereocenters. The smallest absolute Gasteiger partial charge is 0.271 e. The number of amides is 1. The van der Waals surface area contributed by atoms with Gasteiger partial charge in [0.1, 0.15) is 0 Å². The van der Waals surface area contributed by atoms with Gasteiger partial charge in [0, 0.05) is 27.7 Å². The van der Waals surface area contributed by atoms with Gasteiger partial charge in [-0.1, -0.05) is 6.07 Å². The van der Waals surface area contributed by atoms with Gasteiger partial charge in [-0.2, -0.15) is 5.10 Å². The number of carbonyl (C=O) groups is 1. The Kier molecular flexibility index (Phi) is 5.51. The van der Waals surface area contributed by atoms with Crippen molar-refractivity contribution >= 4 is 23.0 Å². The lowest BCUT2D eigenvalue weighted by Crippen LogP contribution is -2.17. The van der Waals surface area contributed by atoms with E-state index in [0.717, 1.165) is 29.3 Å². The molecule has 0 aliphatic heterocycles. The summed E-state index contributed by atoms with van der Waals surface area (Å²) in [6, 6.07) is 11.3. The Hall–Kier alpha value is -3.28. The van der Waals surface area contributed by atoms with Crippen molar-refractivity contribution in [3.05, 3.63) is 58.8 Å². The predicted octanol–water partition coefficient (Wildman–Crippen LogP) is 4.22. The van der Waals surface area contributed by atoms with E-state index in [1.807, 2.05) is 43.3 Å². The Bertz CT molecular complexity index is 1070. The van der Waals surface area contributed by atoms with Crippen molar-refractivity contribution in [3.63, 3.8) is 0 Å². The molecular formula is C23H25N3O3. The standard InChI is InChI=1S/C23H25N3O3/c1-3-29-21-10-6-7-16(22(21)28-2)14-24-26-23(27)15-11-12-20-18(13-15)17-8-4-5-9-19(17)25-20/h6-7,10-14,25H,3-5,8-9H2,1-2H3,(H,26,27)/b24-14-. The lowest BCUT2D eigenvalue weighted by molar-refractivity contribution is 0.0955. The average Bonchev–Trinajstić information content (AvgIpc) is 3.12. The van der Waals surface area contributed by atoms with Crippen molar-refractivity contribution in [1.82, 2.24) is 10.4 Å². The lowest BCUT2D eigenvalue weighted by Gasteiger charge is -2.11. The molecule has 3 aromatic rings. The largest absolute Gasteiger partial charge is 0.492 e. The minimum absolute atomic E-state index is 0.242. The van der Waals surface area contributed by atoms with Crippen LogP contribution in [-0.4, -0.2) is 30.8 Å². The fourth-order valence-corrected chi connectivity index (χ4v) is 3.89. The first-order chi connectivity index (χ1) is 14.2. The van der Waals surface area contributed by atoms with Gasteiger partial charge in [-0.15, -0.1) is 0 Å². The number of nitrogens with one attached hydrogen (secondary N) is 2. The second kappa shape index (κ2) is 8.39. The van der Waals surface area contributed by atoms with E-state index in [2.05, 4.69) is 15.5 Å². The molecule has 0 radical (unpaired) electrons. The molecule has 0 saturated carbocycles. The molecule has 1 aliphatic carbocycles. The number of hydrogen-bond donors (Lipinski definition) is 2. The number of hydrogen-bond acceptors (Lipinski definition) is 4. The Morgan fingerprint density at radius 1 is 1.24 bits per heavy atom. The number of fused-ring (bicyclic) bond motifs is 3. The minimum atomic E-state index is -0.242. The molecule has 6 nitrogen and oxygen atoms in total. The number of rotatable bonds is 6. The third-order valence-electron chi connectivity index (χ3n) is 5.24. The first kappa shape index (κ1) is 19.1. The number of benzene rings is 2. The highest BCUT2D eigenvalue weighted by atomic mass is 16.5. The molecule has 0 fully saturated rings. The molecule has 2 aromatic carbocycles. The third kappa shape index (κ3) is 3.83. The zero-order valence-corrected chi connectivity index (χ0v) is 16.7. The first-order valence-electron chi connectivity index (χ1n) is 9.98. The molecule has 0 saturated heterocycles. The Balaban J connectivity index is 1.52. The van der Waals surface area contributed by atoms with Crippen molar-refractivity contribution < 1.29 is 14.3 Å². The molecule has 1 aromatic heterocycles. The number of nitrogens with zero attached hydrogens (tertiary/aromatic N) is 1. The van der Waals surface area contributed by atoms with Crippen molar-refractivity contribution in [1.29, 1.82) is 0 Å². The average molecular weight is 391 g/mol. The van der Waals surface area contributed by atoms with E-state index in [4.69, 9.17) is 9.47 Å². The van der Waals surface area contributed by atoms with Crippen LogP contribution < -0.4 is 14.9 Å². The van der Waals surface area contributed by atoms with E-state index in [-0.39, 0.29) is 5.91 Å². The molecule has 0 unspecified atom stereocenters. The fraction of sp³-hybridized carbons (Fsp3) is 0.304. The number of carbonyl (C=O) groups excluding carboxylic acids is 1. The number of para-hydroxylation sites is 1. The molecule has 150 valence electrons. The molecule has 0 spiro atoms. The van der Waals surface area contributed by atoms with E-state index < -0.39 is 0 Å². The van der Waals surface area contributed by atoms with E-state index >= 15 is 0 Å². The normalized spacial score (nSPS) is 13.4. The summed E-state index contributed by atoms with van der Waals surface area (Å²) in [5, 5.41) is 5.26. The van der Waals surface area contributed by atoms with Gasteiger partial charge >= 0.3 is 0 Å². The number of aromatic amines is 1. The maximum atomic E-state index is 12.6. The quantitative estimate of drug-likeness (QED) is 0.488. The van der Waals surface area contributed by atoms with Gasteiger partial charge in [-0.3, -0.25) is 4.79 Å². The van der Waals surface area contributed by atoms with Crippen molar-refractivity contribution in [2.24, 2.45) is 5.10 Å². The molecule has 1 amide bonds. The maximum absolute atomic E-state index is 12.6. The van der Waals surface area contributed by atoms with Crippen LogP contribution in [0, 0.1) is 0 Å². The van der Waals surface area contributed by atoms with E-state index in [1.54, 1.807) is 13.3 Å². The summed E-state index contributed by atoms with van der Waals surface area (Å²) in [6.45, 7) is 2.46. The van der Waals surface area contributed by atoms with E-state index in [9.17, 15) is 4.79 Å². The molecular weight excluding hydrogens is 366 g/mol. The van der Waals surface area contributed by atoms with Crippen LogP contribution in [0.1, 0.15) is 46.9 Å². The van der Waals surface area contributed by atoms with E-state index in [0.29, 0.717) is 23.7 Å². The summed E-state index contributed by atoms with van der Waals surface area (Å²) in [5.74, 6) is 0.995. The second-order valence-corrected chi connectivity index (χ2v) is 7.06. The van der Waals surface area contributed by atoms with Crippen LogP contribution in [0.2, 0.25) is 0 Å². The number of H-pyrrole nitrogens is 1. The lowest BCUT2D eigenvalue weighted by atomic mass is 9.95. The number of methoxy groups -OCH3 is 1. The summed E-state index contributed by atoms with van der Waals surface area (Å²) in [6.07, 6.45) is 6.13. The maximum Gasteiger partial charge on any atom is 0.271 e. The van der Waals surface area contributed by atoms with Crippen LogP contribution in [0.4, 0.5) is 0 Å². The summed E-state index contributed by atoms with van der Waals surface area (Å²) >= 11 is 0. The highest BCUT2D eigenvalue weighted by molar-refractivity contribution is 5.99. The molecule has 4 rings (SSSR count). The molecule has 29 heavy (non-hydrogen) atoms. The minimum Gasteiger partial charge on any atom is -0.492 e. The predicted molar refractivity (Wildman–Crippen MR) is 114 cm³/mol. The molecule has 0 bridgehead atoms. The Labute approximate surface area is 169 Å². The van der Waals surface area contributed by atoms with Crippen LogP contribution in [0.25, 0.3) is 10.9 Å². The van der Waals surface area contributed by atoms with Crippen LogP contribution in [0.15, 0.2) is 41.5 Å². The number of aryl methyl sites for hydroxylation is 2. The first-order valence-corrected chi connectivity index (χ1v) is 9.98. The van der Waals surface area contributed by atoms with Gasteiger partial charge < -0.3 is 14.5 Å². The SMILES string of the molecule is CCOc1cccc(/C=N\NC(=O)c2ccc3[nH]c4c(c3c2)CCCC4)c1OC. The van der Waals surface area contributed by atoms with E-state index in [1.165, 1.54) is 24.1 Å². The van der Waals surface area contributed by atoms with Crippen LogP contribution >= 0.6 is 0 Å². The summed E-state index contributed by atoms with van der Waals surface area (Å²) < 4.78 is 11.0. The topological polar surface area (TPSA) is 75.7 Å². The zero-order valence-electron chi connectivity index (χ0n) is 16.7. The highest BCUT2D eigenvalue weighted by Gasteiger charge is 2.16. The van der Waals surface area contributed by atoms with Gasteiger partial charge in [0.2, 0.25) is 0 Å².